The molecule has 4 rings (SSSR count). The van der Waals surface area contributed by atoms with Crippen LogP contribution in [0.2, 0.25) is 4.34 Å². The molecule has 1 saturated heterocycles. The molecule has 0 radical (unpaired) electrons. The largest absolute Gasteiger partial charge is 0.483 e. The Balaban J connectivity index is 1.49. The predicted octanol–water partition coefficient (Wildman–Crippen LogP) is 3.73. The molecular formula is C23H26ClN5O3S. The molecule has 2 amide bonds. The average Bonchev–Trinajstić information content (AvgIpc) is 3.22. The molecule has 1 aliphatic rings. The minimum absolute atomic E-state index is 0.0511. The Kier molecular flexibility index (Phi) is 6.99. The zero-order valence-electron chi connectivity index (χ0n) is 18.5. The molecule has 0 bridgehead atoms. The number of fused-ring (bicyclic) bond motifs is 1. The highest BCUT2D eigenvalue weighted by molar-refractivity contribution is 7.14. The van der Waals surface area contributed by atoms with Crippen molar-refractivity contribution < 1.29 is 14.3 Å². The van der Waals surface area contributed by atoms with Crippen molar-refractivity contribution in [3.05, 3.63) is 45.9 Å². The van der Waals surface area contributed by atoms with E-state index in [1.54, 1.807) is 16.3 Å². The van der Waals surface area contributed by atoms with Gasteiger partial charge in [0.1, 0.15) is 23.9 Å². The lowest BCUT2D eigenvalue weighted by Crippen LogP contribution is -2.62. The average molecular weight is 488 g/mol. The zero-order valence-corrected chi connectivity index (χ0v) is 20.1. The molecule has 0 saturated carbocycles. The third kappa shape index (κ3) is 5.04. The van der Waals surface area contributed by atoms with Crippen LogP contribution in [0.4, 0.5) is 5.82 Å². The van der Waals surface area contributed by atoms with Crippen molar-refractivity contribution in [3.63, 3.8) is 0 Å². The van der Waals surface area contributed by atoms with Crippen LogP contribution in [0.1, 0.15) is 32.3 Å². The number of halogens is 1. The fourth-order valence-electron chi connectivity index (χ4n) is 4.13. The number of benzene rings is 1. The fourth-order valence-corrected chi connectivity index (χ4v) is 4.92. The van der Waals surface area contributed by atoms with Crippen LogP contribution in [-0.4, -0.2) is 56.8 Å². The normalized spacial score (nSPS) is 18.7. The lowest BCUT2D eigenvalue weighted by molar-refractivity contribution is -0.156. The fraction of sp³-hybridized carbons (Fsp3) is 0.391. The number of piperazine rings is 1. The van der Waals surface area contributed by atoms with E-state index < -0.39 is 6.04 Å². The van der Waals surface area contributed by atoms with Gasteiger partial charge < -0.3 is 20.3 Å². The minimum atomic E-state index is -0.508. The lowest BCUT2D eigenvalue weighted by Gasteiger charge is -2.44. The molecular weight excluding hydrogens is 462 g/mol. The Morgan fingerprint density at radius 2 is 2.15 bits per heavy atom. The summed E-state index contributed by atoms with van der Waals surface area (Å²) in [5, 5.41) is 2.54. The number of carbonyl (C=O) groups is 2. The van der Waals surface area contributed by atoms with E-state index in [-0.39, 0.29) is 24.5 Å². The van der Waals surface area contributed by atoms with Gasteiger partial charge in [0, 0.05) is 36.0 Å². The van der Waals surface area contributed by atoms with Crippen molar-refractivity contribution in [2.24, 2.45) is 0 Å². The van der Waals surface area contributed by atoms with Crippen LogP contribution in [-0.2, 0) is 16.1 Å². The molecule has 1 fully saturated rings. The van der Waals surface area contributed by atoms with Gasteiger partial charge in [0.05, 0.1) is 9.85 Å². The maximum Gasteiger partial charge on any atom is 0.261 e. The molecule has 8 nitrogen and oxygen atoms in total. The number of rotatable bonds is 7. The van der Waals surface area contributed by atoms with Crippen LogP contribution in [0.3, 0.4) is 0 Å². The van der Waals surface area contributed by atoms with Gasteiger partial charge in [-0.15, -0.1) is 11.3 Å². The number of nitrogens with two attached hydrogens (primary N) is 1. The Bertz CT molecular complexity index is 1170. The molecule has 2 aromatic heterocycles. The quantitative estimate of drug-likeness (QED) is 0.544. The van der Waals surface area contributed by atoms with Crippen LogP contribution in [0.5, 0.6) is 5.75 Å². The summed E-state index contributed by atoms with van der Waals surface area (Å²) < 4.78 is 6.20. The first-order valence-corrected chi connectivity index (χ1v) is 12.1. The van der Waals surface area contributed by atoms with Crippen LogP contribution < -0.4 is 10.5 Å². The van der Waals surface area contributed by atoms with Gasteiger partial charge in [-0.3, -0.25) is 9.59 Å². The second-order valence-corrected chi connectivity index (χ2v) is 9.69. The van der Waals surface area contributed by atoms with Gasteiger partial charge in [0.15, 0.2) is 6.61 Å². The SMILES string of the molecule is CCC[C@@H]1C(=O)N(Cc2ccc3c(N)ncnc3c2)[C@@H](C)CN1C(=O)COc1csc(Cl)c1. The lowest BCUT2D eigenvalue weighted by atomic mass is 10.0. The van der Waals surface area contributed by atoms with E-state index in [0.717, 1.165) is 22.9 Å². The molecule has 10 heteroatoms. The molecule has 174 valence electrons. The molecule has 2 atom stereocenters. The van der Waals surface area contributed by atoms with Crippen LogP contribution in [0.25, 0.3) is 10.9 Å². The van der Waals surface area contributed by atoms with E-state index in [2.05, 4.69) is 9.97 Å². The summed E-state index contributed by atoms with van der Waals surface area (Å²) in [5.74, 6) is 0.737. The molecule has 1 aliphatic heterocycles. The Labute approximate surface area is 201 Å². The summed E-state index contributed by atoms with van der Waals surface area (Å²) >= 11 is 7.27. The number of hydrogen-bond donors (Lipinski definition) is 1. The third-order valence-corrected chi connectivity index (χ3v) is 6.88. The molecule has 1 aromatic carbocycles. The Morgan fingerprint density at radius 1 is 1.33 bits per heavy atom. The van der Waals surface area contributed by atoms with Crippen molar-refractivity contribution in [3.8, 4) is 5.75 Å². The van der Waals surface area contributed by atoms with Gasteiger partial charge in [0.25, 0.3) is 5.91 Å². The summed E-state index contributed by atoms with van der Waals surface area (Å²) in [4.78, 5) is 38.3. The maximum absolute atomic E-state index is 13.5. The summed E-state index contributed by atoms with van der Waals surface area (Å²) in [6.07, 6.45) is 2.82. The van der Waals surface area contributed by atoms with E-state index in [1.165, 1.54) is 17.7 Å². The molecule has 3 heterocycles. The van der Waals surface area contributed by atoms with Crippen molar-refractivity contribution in [1.82, 2.24) is 19.8 Å². The van der Waals surface area contributed by atoms with Crippen molar-refractivity contribution in [1.29, 1.82) is 0 Å². The molecule has 0 aliphatic carbocycles. The number of thiophene rings is 1. The minimum Gasteiger partial charge on any atom is -0.483 e. The number of nitrogen functional groups attached to an aromatic ring is 1. The maximum atomic E-state index is 13.5. The van der Waals surface area contributed by atoms with E-state index in [9.17, 15) is 9.59 Å². The summed E-state index contributed by atoms with van der Waals surface area (Å²) in [6.45, 7) is 4.73. The Morgan fingerprint density at radius 3 is 2.88 bits per heavy atom. The molecule has 33 heavy (non-hydrogen) atoms. The first-order chi connectivity index (χ1) is 15.9. The zero-order chi connectivity index (χ0) is 23.5. The second-order valence-electron chi connectivity index (χ2n) is 8.15. The predicted molar refractivity (Wildman–Crippen MR) is 129 cm³/mol. The highest BCUT2D eigenvalue weighted by atomic mass is 35.5. The number of ether oxygens (including phenoxy) is 1. The van der Waals surface area contributed by atoms with Crippen molar-refractivity contribution in [2.45, 2.75) is 45.3 Å². The number of nitrogens with zero attached hydrogens (tertiary/aromatic N) is 4. The number of amides is 2. The van der Waals surface area contributed by atoms with Crippen molar-refractivity contribution >= 4 is 51.5 Å². The first-order valence-electron chi connectivity index (χ1n) is 10.8. The molecule has 3 aromatic rings. The van der Waals surface area contributed by atoms with Gasteiger partial charge in [-0.05, 0) is 31.0 Å². The molecule has 0 unspecified atom stereocenters. The Hall–Kier alpha value is -2.91. The third-order valence-electron chi connectivity index (χ3n) is 5.81. The number of anilines is 1. The van der Waals surface area contributed by atoms with Gasteiger partial charge in [-0.1, -0.05) is 31.0 Å². The summed E-state index contributed by atoms with van der Waals surface area (Å²) in [6, 6.07) is 6.78. The molecule has 0 spiro atoms. The first kappa shape index (κ1) is 23.3. The summed E-state index contributed by atoms with van der Waals surface area (Å²) in [7, 11) is 0. The number of aromatic nitrogens is 2. The smallest absolute Gasteiger partial charge is 0.261 e. The van der Waals surface area contributed by atoms with Gasteiger partial charge in [-0.2, -0.15) is 0 Å². The second kappa shape index (κ2) is 9.93. The monoisotopic (exact) mass is 487 g/mol. The topological polar surface area (TPSA) is 102 Å². The van der Waals surface area contributed by atoms with Crippen LogP contribution in [0.15, 0.2) is 36.0 Å². The van der Waals surface area contributed by atoms with Gasteiger partial charge in [0.2, 0.25) is 5.91 Å². The highest BCUT2D eigenvalue weighted by Gasteiger charge is 2.40. The van der Waals surface area contributed by atoms with Gasteiger partial charge in [-0.25, -0.2) is 9.97 Å². The van der Waals surface area contributed by atoms with E-state index in [4.69, 9.17) is 22.1 Å². The standard InChI is InChI=1S/C23H26ClN5O3S/c1-3-4-19-23(31)28(10-15-5-6-17-18(7-15)26-13-27-22(17)25)14(2)9-29(19)21(30)11-32-16-8-20(24)33-12-16/h5-8,12-14,19H,3-4,9-11H2,1-2H3,(H2,25,26,27)/t14-,19+/m0/s1. The summed E-state index contributed by atoms with van der Waals surface area (Å²) in [5.41, 5.74) is 7.62. The van der Waals surface area contributed by atoms with E-state index >= 15 is 0 Å². The van der Waals surface area contributed by atoms with Crippen molar-refractivity contribution in [2.75, 3.05) is 18.9 Å². The van der Waals surface area contributed by atoms with E-state index in [0.29, 0.717) is 35.4 Å². The number of carbonyl (C=O) groups excluding carboxylic acids is 2. The molecule has 2 N–H and O–H groups in total. The van der Waals surface area contributed by atoms with Gasteiger partial charge >= 0.3 is 0 Å². The number of hydrogen-bond acceptors (Lipinski definition) is 7. The van der Waals surface area contributed by atoms with Crippen LogP contribution in [0, 0.1) is 0 Å². The van der Waals surface area contributed by atoms with Crippen LogP contribution >= 0.6 is 22.9 Å². The van der Waals surface area contributed by atoms with E-state index in [1.807, 2.05) is 36.9 Å². The highest BCUT2D eigenvalue weighted by Crippen LogP contribution is 2.27.